The molecule has 1 heterocycles. The van der Waals surface area contributed by atoms with Crippen LogP contribution in [0.5, 0.6) is 0 Å². The lowest BCUT2D eigenvalue weighted by atomic mass is 10.2. The first-order valence-corrected chi connectivity index (χ1v) is 4.93. The van der Waals surface area contributed by atoms with Gasteiger partial charge in [0.05, 0.1) is 11.6 Å². The maximum Gasteiger partial charge on any atom is 0.0835 e. The SMILES string of the molecule is CCCCCC1=N[CH]CS1. The first kappa shape index (κ1) is 8.12. The van der Waals surface area contributed by atoms with Crippen LogP contribution in [0.3, 0.4) is 0 Å². The van der Waals surface area contributed by atoms with Gasteiger partial charge in [-0.15, -0.1) is 11.8 Å². The lowest BCUT2D eigenvalue weighted by Crippen LogP contribution is -1.86. The summed E-state index contributed by atoms with van der Waals surface area (Å²) in [6.07, 6.45) is 5.17. The summed E-state index contributed by atoms with van der Waals surface area (Å²) in [4.78, 5) is 4.26. The van der Waals surface area contributed by atoms with Gasteiger partial charge in [-0.3, -0.25) is 4.99 Å². The molecule has 0 aliphatic carbocycles. The summed E-state index contributed by atoms with van der Waals surface area (Å²) < 4.78 is 0. The van der Waals surface area contributed by atoms with E-state index < -0.39 is 0 Å². The second-order valence-electron chi connectivity index (χ2n) is 2.47. The van der Waals surface area contributed by atoms with Gasteiger partial charge in [-0.2, -0.15) is 0 Å². The van der Waals surface area contributed by atoms with Gasteiger partial charge in [-0.05, 0) is 12.8 Å². The minimum Gasteiger partial charge on any atom is -0.276 e. The van der Waals surface area contributed by atoms with E-state index in [9.17, 15) is 0 Å². The van der Waals surface area contributed by atoms with Crippen LogP contribution in [0.15, 0.2) is 4.99 Å². The Kier molecular flexibility index (Phi) is 3.88. The van der Waals surface area contributed by atoms with Crippen molar-refractivity contribution in [2.24, 2.45) is 4.99 Å². The maximum atomic E-state index is 4.26. The normalized spacial score (nSPS) is 17.5. The number of rotatable bonds is 4. The predicted molar refractivity (Wildman–Crippen MR) is 48.3 cm³/mol. The van der Waals surface area contributed by atoms with Crippen molar-refractivity contribution < 1.29 is 0 Å². The number of nitrogens with zero attached hydrogens (tertiary/aromatic N) is 1. The molecule has 1 nitrogen and oxygen atoms in total. The third kappa shape index (κ3) is 2.74. The summed E-state index contributed by atoms with van der Waals surface area (Å²) in [7, 11) is 0. The summed E-state index contributed by atoms with van der Waals surface area (Å²) in [6.45, 7) is 4.24. The van der Waals surface area contributed by atoms with Gasteiger partial charge in [-0.1, -0.05) is 19.8 Å². The minimum atomic E-state index is 1.10. The molecule has 0 spiro atoms. The zero-order valence-electron chi connectivity index (χ0n) is 6.47. The molecule has 10 heavy (non-hydrogen) atoms. The second-order valence-corrected chi connectivity index (χ2v) is 3.57. The highest BCUT2D eigenvalue weighted by molar-refractivity contribution is 8.14. The molecule has 57 valence electrons. The molecule has 1 rings (SSSR count). The van der Waals surface area contributed by atoms with Crippen LogP contribution in [0.2, 0.25) is 0 Å². The summed E-state index contributed by atoms with van der Waals surface area (Å²) in [5.74, 6) is 1.10. The number of hydrogen-bond donors (Lipinski definition) is 0. The molecule has 1 aliphatic heterocycles. The molecule has 0 aromatic carbocycles. The van der Waals surface area contributed by atoms with Crippen LogP contribution in [-0.4, -0.2) is 10.8 Å². The monoisotopic (exact) mass is 156 g/mol. The zero-order chi connectivity index (χ0) is 7.23. The van der Waals surface area contributed by atoms with Crippen molar-refractivity contribution in [2.45, 2.75) is 32.6 Å². The minimum absolute atomic E-state index is 1.10. The molecule has 0 bridgehead atoms. The Labute approximate surface area is 67.3 Å². The quantitative estimate of drug-likeness (QED) is 0.570. The fraction of sp³-hybridized carbons (Fsp3) is 0.750. The molecule has 0 aromatic heterocycles. The summed E-state index contributed by atoms with van der Waals surface area (Å²) >= 11 is 1.89. The van der Waals surface area contributed by atoms with Gasteiger partial charge < -0.3 is 0 Å². The largest absolute Gasteiger partial charge is 0.276 e. The van der Waals surface area contributed by atoms with Crippen molar-refractivity contribution in [3.05, 3.63) is 6.54 Å². The molecule has 2 heteroatoms. The fourth-order valence-corrected chi connectivity index (χ4v) is 1.75. The summed E-state index contributed by atoms with van der Waals surface area (Å²) in [5, 5.41) is 1.34. The molecule has 0 amide bonds. The predicted octanol–water partition coefficient (Wildman–Crippen LogP) is 2.87. The van der Waals surface area contributed by atoms with Crippen molar-refractivity contribution in [2.75, 3.05) is 5.75 Å². The highest BCUT2D eigenvalue weighted by Crippen LogP contribution is 2.19. The van der Waals surface area contributed by atoms with E-state index in [1.165, 1.54) is 30.7 Å². The number of hydrogen-bond acceptors (Lipinski definition) is 2. The Balaban J connectivity index is 2.01. The molecule has 0 unspecified atom stereocenters. The van der Waals surface area contributed by atoms with Crippen LogP contribution in [-0.2, 0) is 0 Å². The van der Waals surface area contributed by atoms with Crippen molar-refractivity contribution in [3.63, 3.8) is 0 Å². The van der Waals surface area contributed by atoms with Crippen LogP contribution in [0, 0.1) is 6.54 Å². The average Bonchev–Trinajstić information content (AvgIpc) is 2.41. The molecule has 0 atom stereocenters. The van der Waals surface area contributed by atoms with Gasteiger partial charge in [0.15, 0.2) is 0 Å². The molecular formula is C8H14NS. The molecule has 0 fully saturated rings. The lowest BCUT2D eigenvalue weighted by molar-refractivity contribution is 0.745. The Hall–Kier alpha value is 0.0200. The van der Waals surface area contributed by atoms with Crippen molar-refractivity contribution >= 4 is 16.8 Å². The van der Waals surface area contributed by atoms with Gasteiger partial charge in [0.2, 0.25) is 0 Å². The van der Waals surface area contributed by atoms with E-state index >= 15 is 0 Å². The van der Waals surface area contributed by atoms with Crippen LogP contribution in [0.4, 0.5) is 0 Å². The van der Waals surface area contributed by atoms with Crippen molar-refractivity contribution in [1.29, 1.82) is 0 Å². The molecule has 0 aromatic rings. The molecule has 1 aliphatic rings. The van der Waals surface area contributed by atoms with Crippen LogP contribution in [0.1, 0.15) is 32.6 Å². The standard InChI is InChI=1S/C8H14NS/c1-2-3-4-5-8-9-6-7-10-8/h6H,2-5,7H2,1H3. The zero-order valence-corrected chi connectivity index (χ0v) is 7.28. The van der Waals surface area contributed by atoms with Gasteiger partial charge in [0, 0.05) is 5.75 Å². The lowest BCUT2D eigenvalue weighted by Gasteiger charge is -1.96. The summed E-state index contributed by atoms with van der Waals surface area (Å²) in [6, 6.07) is 0. The smallest absolute Gasteiger partial charge is 0.0835 e. The molecular weight excluding hydrogens is 142 g/mol. The molecule has 0 N–H and O–H groups in total. The van der Waals surface area contributed by atoms with Gasteiger partial charge >= 0.3 is 0 Å². The topological polar surface area (TPSA) is 12.4 Å². The fourth-order valence-electron chi connectivity index (χ4n) is 0.973. The Morgan fingerprint density at radius 2 is 2.50 bits per heavy atom. The van der Waals surface area contributed by atoms with E-state index in [1.807, 2.05) is 18.3 Å². The van der Waals surface area contributed by atoms with Gasteiger partial charge in [0.1, 0.15) is 0 Å². The van der Waals surface area contributed by atoms with Crippen LogP contribution < -0.4 is 0 Å². The number of aliphatic imine (C=N–C) groups is 1. The molecule has 1 radical (unpaired) electrons. The second kappa shape index (κ2) is 4.78. The molecule has 0 saturated heterocycles. The van der Waals surface area contributed by atoms with Crippen molar-refractivity contribution in [1.82, 2.24) is 0 Å². The third-order valence-corrected chi connectivity index (χ3v) is 2.51. The van der Waals surface area contributed by atoms with Crippen molar-refractivity contribution in [3.8, 4) is 0 Å². The first-order valence-electron chi connectivity index (χ1n) is 3.94. The third-order valence-electron chi connectivity index (χ3n) is 1.55. The van der Waals surface area contributed by atoms with E-state index in [4.69, 9.17) is 0 Å². The van der Waals surface area contributed by atoms with Crippen LogP contribution in [0.25, 0.3) is 0 Å². The van der Waals surface area contributed by atoms with E-state index in [0.717, 1.165) is 5.75 Å². The number of unbranched alkanes of at least 4 members (excludes halogenated alkanes) is 2. The van der Waals surface area contributed by atoms with E-state index in [-0.39, 0.29) is 0 Å². The van der Waals surface area contributed by atoms with E-state index in [0.29, 0.717) is 0 Å². The number of thioether (sulfide) groups is 1. The van der Waals surface area contributed by atoms with Gasteiger partial charge in [-0.25, -0.2) is 0 Å². The van der Waals surface area contributed by atoms with Crippen LogP contribution >= 0.6 is 11.8 Å². The summed E-state index contributed by atoms with van der Waals surface area (Å²) in [5.41, 5.74) is 0. The maximum absolute atomic E-state index is 4.26. The van der Waals surface area contributed by atoms with E-state index in [2.05, 4.69) is 11.9 Å². The Morgan fingerprint density at radius 3 is 3.10 bits per heavy atom. The Bertz CT molecular complexity index is 120. The highest BCUT2D eigenvalue weighted by Gasteiger charge is 2.05. The molecule has 0 saturated carbocycles. The average molecular weight is 156 g/mol. The van der Waals surface area contributed by atoms with E-state index in [1.54, 1.807) is 0 Å². The highest BCUT2D eigenvalue weighted by atomic mass is 32.2. The van der Waals surface area contributed by atoms with Gasteiger partial charge in [0.25, 0.3) is 0 Å². The first-order chi connectivity index (χ1) is 4.93. The Morgan fingerprint density at radius 1 is 1.60 bits per heavy atom.